The van der Waals surface area contributed by atoms with Gasteiger partial charge in [0, 0.05) is 35.3 Å². The van der Waals surface area contributed by atoms with Crippen LogP contribution in [0.25, 0.3) is 33.3 Å². The van der Waals surface area contributed by atoms with Crippen molar-refractivity contribution in [3.05, 3.63) is 59.7 Å². The van der Waals surface area contributed by atoms with E-state index in [9.17, 15) is 9.59 Å². The van der Waals surface area contributed by atoms with Crippen LogP contribution in [0.5, 0.6) is 0 Å². The Hall–Kier alpha value is -3.54. The SMILES string of the molecule is CC(=O)NCCc1c(-c2cc3ccccc3o2)[nH]c2ccc(C(N)=O)cc12. The van der Waals surface area contributed by atoms with Crippen molar-refractivity contribution >= 4 is 33.7 Å². The first-order valence-electron chi connectivity index (χ1n) is 8.71. The number of hydrogen-bond acceptors (Lipinski definition) is 3. The highest BCUT2D eigenvalue weighted by atomic mass is 16.3. The van der Waals surface area contributed by atoms with Crippen LogP contribution >= 0.6 is 0 Å². The molecule has 0 saturated carbocycles. The van der Waals surface area contributed by atoms with Gasteiger partial charge in [0.2, 0.25) is 11.8 Å². The average Bonchev–Trinajstić information content (AvgIpc) is 3.22. The van der Waals surface area contributed by atoms with E-state index in [0.717, 1.165) is 33.1 Å². The highest BCUT2D eigenvalue weighted by Crippen LogP contribution is 2.34. The van der Waals surface area contributed by atoms with Gasteiger partial charge in [0.1, 0.15) is 5.58 Å². The second-order valence-electron chi connectivity index (χ2n) is 6.48. The van der Waals surface area contributed by atoms with Gasteiger partial charge in [-0.2, -0.15) is 0 Å². The molecule has 0 spiro atoms. The summed E-state index contributed by atoms with van der Waals surface area (Å²) in [4.78, 5) is 26.2. The Morgan fingerprint density at radius 3 is 2.70 bits per heavy atom. The third kappa shape index (κ3) is 3.17. The molecule has 2 heterocycles. The van der Waals surface area contributed by atoms with Crippen molar-refractivity contribution in [1.29, 1.82) is 0 Å². The molecule has 2 aromatic carbocycles. The zero-order valence-electron chi connectivity index (χ0n) is 14.8. The third-order valence-electron chi connectivity index (χ3n) is 4.61. The number of hydrogen-bond donors (Lipinski definition) is 3. The summed E-state index contributed by atoms with van der Waals surface area (Å²) in [5, 5.41) is 4.72. The normalized spacial score (nSPS) is 11.1. The summed E-state index contributed by atoms with van der Waals surface area (Å²) in [6.45, 7) is 1.97. The zero-order valence-corrected chi connectivity index (χ0v) is 14.8. The van der Waals surface area contributed by atoms with Crippen molar-refractivity contribution < 1.29 is 14.0 Å². The summed E-state index contributed by atoms with van der Waals surface area (Å²) >= 11 is 0. The number of nitrogens with one attached hydrogen (secondary N) is 2. The number of benzene rings is 2. The first-order valence-corrected chi connectivity index (χ1v) is 8.71. The van der Waals surface area contributed by atoms with Gasteiger partial charge in [-0.25, -0.2) is 0 Å². The molecule has 0 saturated heterocycles. The van der Waals surface area contributed by atoms with E-state index in [2.05, 4.69) is 10.3 Å². The molecule has 6 heteroatoms. The predicted octanol–water partition coefficient (Wildman–Crippen LogP) is 3.36. The van der Waals surface area contributed by atoms with Crippen LogP contribution in [0.15, 0.2) is 52.9 Å². The van der Waals surface area contributed by atoms with E-state index in [1.807, 2.05) is 36.4 Å². The number of aromatic amines is 1. The molecule has 0 radical (unpaired) electrons. The molecule has 0 aliphatic carbocycles. The van der Waals surface area contributed by atoms with E-state index in [1.165, 1.54) is 6.92 Å². The highest BCUT2D eigenvalue weighted by molar-refractivity contribution is 6.00. The van der Waals surface area contributed by atoms with Crippen LogP contribution in [0.1, 0.15) is 22.8 Å². The summed E-state index contributed by atoms with van der Waals surface area (Å²) in [5.41, 5.74) is 9.38. The number of rotatable bonds is 5. The number of aromatic nitrogens is 1. The van der Waals surface area contributed by atoms with Gasteiger partial charge in [-0.15, -0.1) is 0 Å². The molecule has 0 atom stereocenters. The van der Waals surface area contributed by atoms with E-state index in [1.54, 1.807) is 12.1 Å². The van der Waals surface area contributed by atoms with E-state index in [-0.39, 0.29) is 5.91 Å². The van der Waals surface area contributed by atoms with Crippen molar-refractivity contribution in [1.82, 2.24) is 10.3 Å². The van der Waals surface area contributed by atoms with Gasteiger partial charge in [0.25, 0.3) is 0 Å². The van der Waals surface area contributed by atoms with Gasteiger partial charge in [-0.05, 0) is 42.3 Å². The topological polar surface area (TPSA) is 101 Å². The Morgan fingerprint density at radius 2 is 1.96 bits per heavy atom. The molecule has 0 aliphatic heterocycles. The second-order valence-corrected chi connectivity index (χ2v) is 6.48. The second kappa shape index (κ2) is 6.64. The molecule has 4 N–H and O–H groups in total. The lowest BCUT2D eigenvalue weighted by Gasteiger charge is -2.05. The quantitative estimate of drug-likeness (QED) is 0.508. The summed E-state index contributed by atoms with van der Waals surface area (Å²) in [7, 11) is 0. The number of fused-ring (bicyclic) bond motifs is 2. The van der Waals surface area contributed by atoms with Crippen LogP contribution in [0, 0.1) is 0 Å². The van der Waals surface area contributed by atoms with Gasteiger partial charge < -0.3 is 20.5 Å². The lowest BCUT2D eigenvalue weighted by molar-refractivity contribution is -0.118. The number of carbonyl (C=O) groups excluding carboxylic acids is 2. The van der Waals surface area contributed by atoms with Crippen LogP contribution < -0.4 is 11.1 Å². The maximum atomic E-state index is 11.6. The molecule has 4 aromatic rings. The number of carbonyl (C=O) groups is 2. The molecule has 4 rings (SSSR count). The average molecular weight is 361 g/mol. The Morgan fingerprint density at radius 1 is 1.15 bits per heavy atom. The Kier molecular flexibility index (Phi) is 4.16. The molecule has 27 heavy (non-hydrogen) atoms. The fourth-order valence-corrected chi connectivity index (χ4v) is 3.34. The summed E-state index contributed by atoms with van der Waals surface area (Å²) < 4.78 is 6.02. The number of primary amides is 1. The Labute approximate surface area is 155 Å². The summed E-state index contributed by atoms with van der Waals surface area (Å²) in [5.74, 6) is 0.153. The van der Waals surface area contributed by atoms with Crippen molar-refractivity contribution in [2.75, 3.05) is 6.54 Å². The first-order chi connectivity index (χ1) is 13.0. The van der Waals surface area contributed by atoms with E-state index >= 15 is 0 Å². The van der Waals surface area contributed by atoms with Crippen LogP contribution in [-0.2, 0) is 11.2 Å². The van der Waals surface area contributed by atoms with E-state index in [0.29, 0.717) is 24.3 Å². The largest absolute Gasteiger partial charge is 0.455 e. The van der Waals surface area contributed by atoms with Crippen LogP contribution in [0.4, 0.5) is 0 Å². The number of amides is 2. The number of para-hydroxylation sites is 1. The van der Waals surface area contributed by atoms with Gasteiger partial charge in [-0.1, -0.05) is 18.2 Å². The van der Waals surface area contributed by atoms with Gasteiger partial charge >= 0.3 is 0 Å². The number of H-pyrrole nitrogens is 1. The van der Waals surface area contributed by atoms with Crippen LogP contribution in [0.2, 0.25) is 0 Å². The van der Waals surface area contributed by atoms with E-state index in [4.69, 9.17) is 10.2 Å². The van der Waals surface area contributed by atoms with Crippen molar-refractivity contribution in [3.8, 4) is 11.5 Å². The highest BCUT2D eigenvalue weighted by Gasteiger charge is 2.17. The molecule has 2 aromatic heterocycles. The third-order valence-corrected chi connectivity index (χ3v) is 4.61. The first kappa shape index (κ1) is 16.9. The zero-order chi connectivity index (χ0) is 19.0. The minimum Gasteiger partial charge on any atom is -0.455 e. The molecule has 0 bridgehead atoms. The summed E-state index contributed by atoms with van der Waals surface area (Å²) in [6, 6.07) is 15.1. The standard InChI is InChI=1S/C21H19N3O3/c1-12(25)23-9-8-15-16-10-14(21(22)26)6-7-17(16)24-20(15)19-11-13-4-2-3-5-18(13)27-19/h2-7,10-11,24H,8-9H2,1H3,(H2,22,26)(H,23,25). The number of furan rings is 1. The van der Waals surface area contributed by atoms with Crippen molar-refractivity contribution in [2.24, 2.45) is 5.73 Å². The van der Waals surface area contributed by atoms with Gasteiger partial charge in [0.15, 0.2) is 5.76 Å². The fourth-order valence-electron chi connectivity index (χ4n) is 3.34. The Bertz CT molecular complexity index is 1140. The van der Waals surface area contributed by atoms with Crippen LogP contribution in [0.3, 0.4) is 0 Å². The Balaban J connectivity index is 1.86. The lowest BCUT2D eigenvalue weighted by Crippen LogP contribution is -2.22. The maximum Gasteiger partial charge on any atom is 0.248 e. The maximum absolute atomic E-state index is 11.6. The molecule has 136 valence electrons. The smallest absolute Gasteiger partial charge is 0.248 e. The van der Waals surface area contributed by atoms with Gasteiger partial charge in [0.05, 0.1) is 5.69 Å². The molecule has 6 nitrogen and oxygen atoms in total. The van der Waals surface area contributed by atoms with Crippen molar-refractivity contribution in [2.45, 2.75) is 13.3 Å². The fraction of sp³-hybridized carbons (Fsp3) is 0.143. The summed E-state index contributed by atoms with van der Waals surface area (Å²) in [6.07, 6.45) is 0.591. The number of nitrogens with two attached hydrogens (primary N) is 1. The minimum atomic E-state index is -0.476. The van der Waals surface area contributed by atoms with E-state index < -0.39 is 5.91 Å². The van der Waals surface area contributed by atoms with Gasteiger partial charge in [-0.3, -0.25) is 9.59 Å². The molecule has 2 amide bonds. The lowest BCUT2D eigenvalue weighted by atomic mass is 10.0. The molecule has 0 unspecified atom stereocenters. The predicted molar refractivity (Wildman–Crippen MR) is 104 cm³/mol. The minimum absolute atomic E-state index is 0.0852. The molecule has 0 aliphatic rings. The molecule has 0 fully saturated rings. The molecular formula is C21H19N3O3. The monoisotopic (exact) mass is 361 g/mol. The van der Waals surface area contributed by atoms with Crippen LogP contribution in [-0.4, -0.2) is 23.3 Å². The van der Waals surface area contributed by atoms with Crippen molar-refractivity contribution in [3.63, 3.8) is 0 Å². The molecular weight excluding hydrogens is 342 g/mol.